The molecule has 7 nitrogen and oxygen atoms in total. The first kappa shape index (κ1) is 31.5. The maximum Gasteiger partial charge on any atom is 0.264 e. The lowest BCUT2D eigenvalue weighted by atomic mass is 10.1. The second-order valence-corrected chi connectivity index (χ2v) is 12.1. The zero-order valence-corrected chi connectivity index (χ0v) is 25.3. The summed E-state index contributed by atoms with van der Waals surface area (Å²) in [5, 5.41) is 3.81. The predicted octanol–water partition coefficient (Wildman–Crippen LogP) is 6.22. The Morgan fingerprint density at radius 1 is 0.950 bits per heavy atom. The van der Waals surface area contributed by atoms with E-state index in [0.717, 1.165) is 17.1 Å². The first-order chi connectivity index (χ1) is 19.1. The number of hydrogen-bond acceptors (Lipinski definition) is 4. The fourth-order valence-corrected chi connectivity index (χ4v) is 6.29. The minimum Gasteiger partial charge on any atom is -0.354 e. The molecule has 0 aliphatic heterocycles. The van der Waals surface area contributed by atoms with Crippen LogP contribution in [0, 0.1) is 6.92 Å². The van der Waals surface area contributed by atoms with Gasteiger partial charge in [-0.2, -0.15) is 0 Å². The quantitative estimate of drug-likeness (QED) is 0.235. The number of halogens is 2. The number of unbranched alkanes of at least 4 members (excludes halogenated alkanes) is 1. The van der Waals surface area contributed by atoms with Gasteiger partial charge >= 0.3 is 0 Å². The number of amides is 2. The Bertz CT molecular complexity index is 1420. The summed E-state index contributed by atoms with van der Waals surface area (Å²) >= 11 is 12.6. The number of nitrogens with zero attached hydrogens (tertiary/aromatic N) is 2. The molecule has 10 heteroatoms. The summed E-state index contributed by atoms with van der Waals surface area (Å²) in [4.78, 5) is 28.8. The number of rotatable bonds is 13. The van der Waals surface area contributed by atoms with Gasteiger partial charge < -0.3 is 10.2 Å². The molecule has 0 saturated carbocycles. The van der Waals surface area contributed by atoms with Crippen molar-refractivity contribution in [3.8, 4) is 0 Å². The summed E-state index contributed by atoms with van der Waals surface area (Å²) < 4.78 is 28.9. The third-order valence-electron chi connectivity index (χ3n) is 6.55. The third kappa shape index (κ3) is 7.77. The smallest absolute Gasteiger partial charge is 0.264 e. The lowest BCUT2D eigenvalue weighted by molar-refractivity contribution is -0.140. The van der Waals surface area contributed by atoms with Gasteiger partial charge in [0.2, 0.25) is 11.8 Å². The van der Waals surface area contributed by atoms with Crippen molar-refractivity contribution in [1.82, 2.24) is 10.2 Å². The van der Waals surface area contributed by atoms with Gasteiger partial charge in [-0.25, -0.2) is 8.42 Å². The van der Waals surface area contributed by atoms with E-state index in [9.17, 15) is 18.0 Å². The van der Waals surface area contributed by atoms with Crippen LogP contribution in [0.2, 0.25) is 10.0 Å². The van der Waals surface area contributed by atoms with Crippen LogP contribution in [-0.4, -0.2) is 44.3 Å². The molecule has 40 heavy (non-hydrogen) atoms. The Morgan fingerprint density at radius 2 is 1.62 bits per heavy atom. The van der Waals surface area contributed by atoms with Crippen molar-refractivity contribution in [3.05, 3.63) is 94.0 Å². The first-order valence-electron chi connectivity index (χ1n) is 13.2. The predicted molar refractivity (Wildman–Crippen MR) is 161 cm³/mol. The van der Waals surface area contributed by atoms with Gasteiger partial charge in [-0.05, 0) is 67.3 Å². The molecule has 0 spiro atoms. The highest BCUT2D eigenvalue weighted by Crippen LogP contribution is 2.30. The Balaban J connectivity index is 2.07. The largest absolute Gasteiger partial charge is 0.354 e. The topological polar surface area (TPSA) is 86.8 Å². The first-order valence-corrected chi connectivity index (χ1v) is 15.4. The molecule has 0 aromatic heterocycles. The number of carbonyl (C=O) groups is 2. The minimum absolute atomic E-state index is 0.0387. The summed E-state index contributed by atoms with van der Waals surface area (Å²) in [6, 6.07) is 19.0. The highest BCUT2D eigenvalue weighted by Gasteiger charge is 2.34. The number of benzene rings is 3. The Hall–Kier alpha value is -3.07. The van der Waals surface area contributed by atoms with Crippen molar-refractivity contribution in [1.29, 1.82) is 0 Å². The van der Waals surface area contributed by atoms with Crippen LogP contribution < -0.4 is 9.62 Å². The van der Waals surface area contributed by atoms with Gasteiger partial charge in [-0.3, -0.25) is 13.9 Å². The van der Waals surface area contributed by atoms with Crippen molar-refractivity contribution in [2.24, 2.45) is 0 Å². The monoisotopic (exact) mass is 603 g/mol. The minimum atomic E-state index is -4.15. The fourth-order valence-electron chi connectivity index (χ4n) is 4.37. The number of aryl methyl sites for hydroxylation is 1. The molecule has 3 aromatic carbocycles. The van der Waals surface area contributed by atoms with Crippen molar-refractivity contribution >= 4 is 50.7 Å². The van der Waals surface area contributed by atoms with Crippen molar-refractivity contribution < 1.29 is 18.0 Å². The normalized spacial score (nSPS) is 12.0. The van der Waals surface area contributed by atoms with Gasteiger partial charge in [0, 0.05) is 23.1 Å². The molecule has 0 aliphatic rings. The second kappa shape index (κ2) is 14.5. The lowest BCUT2D eigenvalue weighted by Crippen LogP contribution is -2.52. The Labute approximate surface area is 247 Å². The molecule has 3 rings (SSSR count). The molecule has 0 saturated heterocycles. The molecular weight excluding hydrogens is 569 g/mol. The van der Waals surface area contributed by atoms with Crippen LogP contribution in [0.5, 0.6) is 0 Å². The summed E-state index contributed by atoms with van der Waals surface area (Å²) in [5.41, 5.74) is 1.55. The maximum absolute atomic E-state index is 14.1. The molecule has 0 radical (unpaired) electrons. The standard InChI is InChI=1S/C30H35Cl2N3O4S/c1-4-6-18-33-30(37)27(5-2)34(20-23-12-10-11-15-26(23)32)29(36)21-35(28-17-16-24(31)19-22(28)3)40(38,39)25-13-8-7-9-14-25/h7-17,19,27H,4-6,18,20-21H2,1-3H3,(H,33,37). The average Bonchev–Trinajstić information content (AvgIpc) is 2.93. The van der Waals surface area contributed by atoms with Crippen LogP contribution >= 0.6 is 23.2 Å². The van der Waals surface area contributed by atoms with Crippen LogP contribution in [-0.2, 0) is 26.2 Å². The van der Waals surface area contributed by atoms with E-state index >= 15 is 0 Å². The highest BCUT2D eigenvalue weighted by atomic mass is 35.5. The molecule has 1 unspecified atom stereocenters. The highest BCUT2D eigenvalue weighted by molar-refractivity contribution is 7.92. The SMILES string of the molecule is CCCCNC(=O)C(CC)N(Cc1ccccc1Cl)C(=O)CN(c1ccc(Cl)cc1C)S(=O)(=O)c1ccccc1. The molecule has 1 N–H and O–H groups in total. The number of carbonyl (C=O) groups excluding carboxylic acids is 2. The van der Waals surface area contributed by atoms with E-state index in [1.165, 1.54) is 17.0 Å². The molecule has 3 aromatic rings. The van der Waals surface area contributed by atoms with Crippen LogP contribution in [0.15, 0.2) is 77.7 Å². The zero-order chi connectivity index (χ0) is 29.3. The number of sulfonamides is 1. The lowest BCUT2D eigenvalue weighted by Gasteiger charge is -2.33. The van der Waals surface area contributed by atoms with E-state index in [1.807, 2.05) is 13.8 Å². The molecule has 0 bridgehead atoms. The van der Waals surface area contributed by atoms with E-state index in [0.29, 0.717) is 39.8 Å². The van der Waals surface area contributed by atoms with Crippen LogP contribution in [0.3, 0.4) is 0 Å². The Kier molecular flexibility index (Phi) is 11.4. The second-order valence-electron chi connectivity index (χ2n) is 9.44. The maximum atomic E-state index is 14.1. The third-order valence-corrected chi connectivity index (χ3v) is 8.93. The number of anilines is 1. The van der Waals surface area contributed by atoms with Gasteiger partial charge in [0.15, 0.2) is 0 Å². The van der Waals surface area contributed by atoms with Gasteiger partial charge in [0.25, 0.3) is 10.0 Å². The van der Waals surface area contributed by atoms with Crippen molar-refractivity contribution in [2.45, 2.75) is 57.5 Å². The molecular formula is C30H35Cl2N3O4S. The van der Waals surface area contributed by atoms with E-state index in [1.54, 1.807) is 67.6 Å². The van der Waals surface area contributed by atoms with E-state index in [4.69, 9.17) is 23.2 Å². The molecule has 2 amide bonds. The van der Waals surface area contributed by atoms with Crippen molar-refractivity contribution in [2.75, 3.05) is 17.4 Å². The van der Waals surface area contributed by atoms with E-state index < -0.39 is 28.5 Å². The van der Waals surface area contributed by atoms with E-state index in [2.05, 4.69) is 5.32 Å². The van der Waals surface area contributed by atoms with Gasteiger partial charge in [-0.15, -0.1) is 0 Å². The van der Waals surface area contributed by atoms with Crippen LogP contribution in [0.25, 0.3) is 0 Å². The summed E-state index contributed by atoms with van der Waals surface area (Å²) in [6.45, 7) is 5.57. The summed E-state index contributed by atoms with van der Waals surface area (Å²) in [7, 11) is -4.15. The van der Waals surface area contributed by atoms with Gasteiger partial charge in [-0.1, -0.05) is 79.9 Å². The van der Waals surface area contributed by atoms with Crippen LogP contribution in [0.4, 0.5) is 5.69 Å². The molecule has 0 heterocycles. The molecule has 1 atom stereocenters. The van der Waals surface area contributed by atoms with Gasteiger partial charge in [0.1, 0.15) is 12.6 Å². The number of nitrogens with one attached hydrogen (secondary N) is 1. The fraction of sp³-hybridized carbons (Fsp3) is 0.333. The molecule has 214 valence electrons. The van der Waals surface area contributed by atoms with Crippen LogP contribution in [0.1, 0.15) is 44.2 Å². The molecule has 0 fully saturated rings. The molecule has 0 aliphatic carbocycles. The van der Waals surface area contributed by atoms with Gasteiger partial charge in [0.05, 0.1) is 10.6 Å². The number of hydrogen-bond donors (Lipinski definition) is 1. The summed E-state index contributed by atoms with van der Waals surface area (Å²) in [6.07, 6.45) is 2.05. The summed E-state index contributed by atoms with van der Waals surface area (Å²) in [5.74, 6) is -0.831. The zero-order valence-electron chi connectivity index (χ0n) is 22.9. The Morgan fingerprint density at radius 3 is 2.25 bits per heavy atom. The average molecular weight is 605 g/mol. The van der Waals surface area contributed by atoms with Crippen molar-refractivity contribution in [3.63, 3.8) is 0 Å². The van der Waals surface area contributed by atoms with E-state index in [-0.39, 0.29) is 17.3 Å².